The van der Waals surface area contributed by atoms with Gasteiger partial charge in [0.25, 0.3) is 0 Å². The third-order valence-electron chi connectivity index (χ3n) is 2.37. The fourth-order valence-corrected chi connectivity index (χ4v) is 1.58. The molecule has 0 spiro atoms. The van der Waals surface area contributed by atoms with E-state index in [0.29, 0.717) is 12.4 Å². The molecule has 0 aromatic carbocycles. The van der Waals surface area contributed by atoms with E-state index < -0.39 is 12.6 Å². The number of hydrogen-bond donors (Lipinski definition) is 1. The van der Waals surface area contributed by atoms with Gasteiger partial charge in [-0.3, -0.25) is 0 Å². The topological polar surface area (TPSA) is 39.1 Å². The minimum Gasteiger partial charge on any atom is -0.481 e. The molecule has 0 bridgehead atoms. The van der Waals surface area contributed by atoms with Gasteiger partial charge >= 0.3 is 6.18 Å². The molecule has 0 saturated heterocycles. The molecule has 1 heterocycles. The number of methoxy groups -OCH3 is 1. The lowest BCUT2D eigenvalue weighted by molar-refractivity contribution is -0.133. The number of aryl methyl sites for hydroxylation is 2. The van der Waals surface area contributed by atoms with E-state index in [-0.39, 0.29) is 6.54 Å². The summed E-state index contributed by atoms with van der Waals surface area (Å²) in [6.07, 6.45) is -4.96. The van der Waals surface area contributed by atoms with Crippen LogP contribution in [-0.4, -0.2) is 29.6 Å². The maximum atomic E-state index is 11.9. The quantitative estimate of drug-likeness (QED) is 0.811. The third kappa shape index (κ3) is 3.92. The summed E-state index contributed by atoms with van der Waals surface area (Å²) in [5.41, 5.74) is 1.54. The second-order valence-corrected chi connectivity index (χ2v) is 3.74. The van der Waals surface area contributed by atoms with Crippen molar-refractivity contribution < 1.29 is 17.9 Å². The van der Waals surface area contributed by atoms with Crippen LogP contribution in [0.1, 0.15) is 17.7 Å². The van der Waals surface area contributed by atoms with Crippen molar-refractivity contribution in [3.05, 3.63) is 11.3 Å². The molecule has 1 rings (SSSR count). The van der Waals surface area contributed by atoms with Gasteiger partial charge in [0.1, 0.15) is 0 Å². The zero-order valence-corrected chi connectivity index (χ0v) is 10.1. The second kappa shape index (κ2) is 5.39. The predicted molar refractivity (Wildman–Crippen MR) is 56.9 cm³/mol. The SMILES string of the molecule is COc1c(CNCCC(F)(F)F)c(C)nn1C. The van der Waals surface area contributed by atoms with Crippen molar-refractivity contribution in [2.24, 2.45) is 7.05 Å². The smallest absolute Gasteiger partial charge is 0.390 e. The van der Waals surface area contributed by atoms with Gasteiger partial charge in [-0.25, -0.2) is 4.68 Å². The van der Waals surface area contributed by atoms with Crippen LogP contribution in [0.15, 0.2) is 0 Å². The Morgan fingerprint density at radius 2 is 2.06 bits per heavy atom. The number of aromatic nitrogens is 2. The second-order valence-electron chi connectivity index (χ2n) is 3.74. The van der Waals surface area contributed by atoms with Crippen LogP contribution in [0, 0.1) is 6.92 Å². The summed E-state index contributed by atoms with van der Waals surface area (Å²) in [6.45, 7) is 2.00. The van der Waals surface area contributed by atoms with Gasteiger partial charge in [-0.2, -0.15) is 18.3 Å². The molecule has 7 heteroatoms. The molecular weight excluding hydrogens is 235 g/mol. The molecule has 0 aliphatic carbocycles. The van der Waals surface area contributed by atoms with E-state index in [1.54, 1.807) is 18.7 Å². The summed E-state index contributed by atoms with van der Waals surface area (Å²) < 4.78 is 42.5. The van der Waals surface area contributed by atoms with E-state index in [2.05, 4.69) is 10.4 Å². The highest BCUT2D eigenvalue weighted by molar-refractivity contribution is 5.30. The molecule has 0 amide bonds. The molecule has 0 unspecified atom stereocenters. The first-order chi connectivity index (χ1) is 7.85. The van der Waals surface area contributed by atoms with Crippen LogP contribution in [0.2, 0.25) is 0 Å². The van der Waals surface area contributed by atoms with Crippen LogP contribution >= 0.6 is 0 Å². The number of hydrogen-bond acceptors (Lipinski definition) is 3. The van der Waals surface area contributed by atoms with Crippen molar-refractivity contribution in [3.63, 3.8) is 0 Å². The molecule has 4 nitrogen and oxygen atoms in total. The minimum absolute atomic E-state index is 0.110. The fraction of sp³-hybridized carbons (Fsp3) is 0.700. The highest BCUT2D eigenvalue weighted by Gasteiger charge is 2.26. The van der Waals surface area contributed by atoms with Gasteiger partial charge in [0, 0.05) is 20.1 Å². The number of halogens is 3. The van der Waals surface area contributed by atoms with Crippen molar-refractivity contribution >= 4 is 0 Å². The summed E-state index contributed by atoms with van der Waals surface area (Å²) in [7, 11) is 3.24. The molecule has 98 valence electrons. The van der Waals surface area contributed by atoms with E-state index in [0.717, 1.165) is 11.3 Å². The molecule has 0 atom stereocenters. The maximum absolute atomic E-state index is 11.9. The Labute approximate surface area is 97.8 Å². The van der Waals surface area contributed by atoms with Gasteiger partial charge in [-0.1, -0.05) is 0 Å². The molecule has 0 fully saturated rings. The lowest BCUT2D eigenvalue weighted by Gasteiger charge is -2.08. The molecule has 1 N–H and O–H groups in total. The van der Waals surface area contributed by atoms with Crippen LogP contribution in [0.4, 0.5) is 13.2 Å². The molecule has 0 aliphatic rings. The van der Waals surface area contributed by atoms with Crippen molar-refractivity contribution in [2.75, 3.05) is 13.7 Å². The lowest BCUT2D eigenvalue weighted by Crippen LogP contribution is -2.21. The Hall–Kier alpha value is -1.24. The molecule has 0 saturated carbocycles. The molecular formula is C10H16F3N3O. The Morgan fingerprint density at radius 3 is 2.59 bits per heavy atom. The zero-order chi connectivity index (χ0) is 13.1. The van der Waals surface area contributed by atoms with E-state index in [1.807, 2.05) is 0 Å². The average Bonchev–Trinajstić information content (AvgIpc) is 2.46. The van der Waals surface area contributed by atoms with Gasteiger partial charge in [0.2, 0.25) is 5.88 Å². The molecule has 1 aromatic heterocycles. The minimum atomic E-state index is -4.12. The van der Waals surface area contributed by atoms with Gasteiger partial charge in [-0.15, -0.1) is 0 Å². The van der Waals surface area contributed by atoms with Gasteiger partial charge in [0.15, 0.2) is 0 Å². The Bertz CT molecular complexity index is 374. The first kappa shape index (κ1) is 13.8. The van der Waals surface area contributed by atoms with E-state index >= 15 is 0 Å². The monoisotopic (exact) mass is 251 g/mol. The van der Waals surface area contributed by atoms with E-state index in [9.17, 15) is 13.2 Å². The average molecular weight is 251 g/mol. The summed E-state index contributed by atoms with van der Waals surface area (Å²) in [4.78, 5) is 0. The zero-order valence-electron chi connectivity index (χ0n) is 10.1. The maximum Gasteiger partial charge on any atom is 0.390 e. The Kier molecular flexibility index (Phi) is 4.39. The number of nitrogens with zero attached hydrogens (tertiary/aromatic N) is 2. The molecule has 0 aliphatic heterocycles. The van der Waals surface area contributed by atoms with Gasteiger partial charge in [0.05, 0.1) is 24.8 Å². The third-order valence-corrected chi connectivity index (χ3v) is 2.37. The Balaban J connectivity index is 2.52. The fourth-order valence-electron chi connectivity index (χ4n) is 1.58. The number of rotatable bonds is 5. The predicted octanol–water partition coefficient (Wildman–Crippen LogP) is 1.78. The van der Waals surface area contributed by atoms with E-state index in [4.69, 9.17) is 4.74 Å². The molecule has 0 radical (unpaired) electrons. The summed E-state index contributed by atoms with van der Waals surface area (Å²) >= 11 is 0. The largest absolute Gasteiger partial charge is 0.481 e. The van der Waals surface area contributed by atoms with Gasteiger partial charge in [-0.05, 0) is 6.92 Å². The van der Waals surface area contributed by atoms with Crippen molar-refractivity contribution in [3.8, 4) is 5.88 Å². The van der Waals surface area contributed by atoms with Crippen LogP contribution in [0.5, 0.6) is 5.88 Å². The summed E-state index contributed by atoms with van der Waals surface area (Å²) in [5.74, 6) is 0.571. The summed E-state index contributed by atoms with van der Waals surface area (Å²) in [6, 6.07) is 0. The van der Waals surface area contributed by atoms with Crippen LogP contribution < -0.4 is 10.1 Å². The van der Waals surface area contributed by atoms with Crippen LogP contribution in [0.3, 0.4) is 0 Å². The van der Waals surface area contributed by atoms with Gasteiger partial charge < -0.3 is 10.1 Å². The molecule has 17 heavy (non-hydrogen) atoms. The first-order valence-corrected chi connectivity index (χ1v) is 5.19. The Morgan fingerprint density at radius 1 is 1.41 bits per heavy atom. The normalized spacial score (nSPS) is 11.9. The van der Waals surface area contributed by atoms with E-state index in [1.165, 1.54) is 7.11 Å². The number of alkyl halides is 3. The first-order valence-electron chi connectivity index (χ1n) is 5.19. The van der Waals surface area contributed by atoms with Crippen molar-refractivity contribution in [2.45, 2.75) is 26.1 Å². The number of nitrogens with one attached hydrogen (secondary N) is 1. The number of ether oxygens (including phenoxy) is 1. The van der Waals surface area contributed by atoms with Crippen molar-refractivity contribution in [1.29, 1.82) is 0 Å². The van der Waals surface area contributed by atoms with Crippen molar-refractivity contribution in [1.82, 2.24) is 15.1 Å². The standard InChI is InChI=1S/C10H16F3N3O/c1-7-8(9(17-3)16(2)15-7)6-14-5-4-10(11,12)13/h14H,4-6H2,1-3H3. The van der Waals surface area contributed by atoms with Crippen LogP contribution in [-0.2, 0) is 13.6 Å². The lowest BCUT2D eigenvalue weighted by atomic mass is 10.2. The van der Waals surface area contributed by atoms with Crippen LogP contribution in [0.25, 0.3) is 0 Å². The highest BCUT2D eigenvalue weighted by Crippen LogP contribution is 2.21. The highest BCUT2D eigenvalue weighted by atomic mass is 19.4. The summed E-state index contributed by atoms with van der Waals surface area (Å²) in [5, 5.41) is 6.87. The molecule has 1 aromatic rings.